The maximum Gasteiger partial charge on any atom is 0.0877 e. The van der Waals surface area contributed by atoms with Crippen molar-refractivity contribution in [1.82, 2.24) is 0 Å². The standard InChI is InChI=1S/C28H59OP/c1-4-7-10-13-16-17-18-19-22-25-28-30(29,26-23-20-14-11-8-5-2)27-24-21-15-12-9-6-3/h4-28H2,1-3H3. The summed E-state index contributed by atoms with van der Waals surface area (Å²) in [5.41, 5.74) is 0. The molecule has 0 atom stereocenters. The highest BCUT2D eigenvalue weighted by Crippen LogP contribution is 2.48. The van der Waals surface area contributed by atoms with Gasteiger partial charge in [0.25, 0.3) is 0 Å². The number of hydrogen-bond acceptors (Lipinski definition) is 1. The third-order valence-electron chi connectivity index (χ3n) is 6.76. The maximum atomic E-state index is 13.6. The van der Waals surface area contributed by atoms with Crippen molar-refractivity contribution in [2.75, 3.05) is 18.5 Å². The van der Waals surface area contributed by atoms with Crippen LogP contribution in [0, 0.1) is 0 Å². The van der Waals surface area contributed by atoms with Gasteiger partial charge in [0.2, 0.25) is 0 Å². The van der Waals surface area contributed by atoms with E-state index in [1.165, 1.54) is 141 Å². The quantitative estimate of drug-likeness (QED) is 0.101. The van der Waals surface area contributed by atoms with Crippen LogP contribution in [0.25, 0.3) is 0 Å². The topological polar surface area (TPSA) is 17.1 Å². The second-order valence-electron chi connectivity index (χ2n) is 9.95. The van der Waals surface area contributed by atoms with Crippen molar-refractivity contribution < 1.29 is 4.57 Å². The van der Waals surface area contributed by atoms with Crippen LogP contribution in [-0.4, -0.2) is 18.5 Å². The first-order valence-electron chi connectivity index (χ1n) is 14.3. The molecule has 0 aliphatic carbocycles. The van der Waals surface area contributed by atoms with Crippen molar-refractivity contribution in [1.29, 1.82) is 0 Å². The van der Waals surface area contributed by atoms with Gasteiger partial charge in [0.15, 0.2) is 0 Å². The molecule has 0 N–H and O–H groups in total. The fourth-order valence-electron chi connectivity index (χ4n) is 4.58. The molecule has 0 unspecified atom stereocenters. The molecule has 0 rings (SSSR count). The predicted octanol–water partition coefficient (Wildman–Crippen LogP) is 11.0. The molecule has 0 aromatic carbocycles. The van der Waals surface area contributed by atoms with Crippen molar-refractivity contribution in [3.05, 3.63) is 0 Å². The van der Waals surface area contributed by atoms with Gasteiger partial charge in [-0.15, -0.1) is 0 Å². The summed E-state index contributed by atoms with van der Waals surface area (Å²) in [5.74, 6) is 0. The van der Waals surface area contributed by atoms with Crippen LogP contribution in [0.3, 0.4) is 0 Å². The lowest BCUT2D eigenvalue weighted by Gasteiger charge is -2.18. The molecule has 0 saturated carbocycles. The third kappa shape index (κ3) is 21.5. The van der Waals surface area contributed by atoms with E-state index in [0.717, 1.165) is 18.5 Å². The van der Waals surface area contributed by atoms with E-state index >= 15 is 0 Å². The van der Waals surface area contributed by atoms with Crippen molar-refractivity contribution in [3.63, 3.8) is 0 Å². The van der Waals surface area contributed by atoms with Crippen LogP contribution in [0.5, 0.6) is 0 Å². The van der Waals surface area contributed by atoms with Gasteiger partial charge in [-0.3, -0.25) is 0 Å². The number of hydrogen-bond donors (Lipinski definition) is 0. The van der Waals surface area contributed by atoms with Gasteiger partial charge < -0.3 is 4.57 Å². The molecule has 0 aliphatic heterocycles. The van der Waals surface area contributed by atoms with Gasteiger partial charge in [-0.25, -0.2) is 0 Å². The maximum absolute atomic E-state index is 13.6. The Labute approximate surface area is 192 Å². The van der Waals surface area contributed by atoms with E-state index < -0.39 is 7.14 Å². The summed E-state index contributed by atoms with van der Waals surface area (Å²) < 4.78 is 13.6. The summed E-state index contributed by atoms with van der Waals surface area (Å²) >= 11 is 0. The molecule has 2 heteroatoms. The Kier molecular flexibility index (Phi) is 24.1. The molecule has 0 aromatic heterocycles. The first-order valence-corrected chi connectivity index (χ1v) is 16.5. The van der Waals surface area contributed by atoms with Crippen molar-refractivity contribution in [2.45, 2.75) is 162 Å². The third-order valence-corrected chi connectivity index (χ3v) is 10.2. The first-order chi connectivity index (χ1) is 14.7. The van der Waals surface area contributed by atoms with E-state index in [1.807, 2.05) is 0 Å². The van der Waals surface area contributed by atoms with Gasteiger partial charge in [0, 0.05) is 18.5 Å². The van der Waals surface area contributed by atoms with E-state index in [4.69, 9.17) is 0 Å². The minimum absolute atomic E-state index is 1.05. The van der Waals surface area contributed by atoms with E-state index in [1.54, 1.807) is 0 Å². The van der Waals surface area contributed by atoms with Crippen LogP contribution in [0.2, 0.25) is 0 Å². The number of unbranched alkanes of at least 4 members (excludes halogenated alkanes) is 19. The van der Waals surface area contributed by atoms with Gasteiger partial charge >= 0.3 is 0 Å². The molecule has 0 amide bonds. The molecule has 0 spiro atoms. The summed E-state index contributed by atoms with van der Waals surface area (Å²) in [7, 11) is -1.90. The van der Waals surface area contributed by atoms with Crippen molar-refractivity contribution in [3.8, 4) is 0 Å². The normalized spacial score (nSPS) is 12.0. The Morgan fingerprint density at radius 2 is 0.533 bits per heavy atom. The molecule has 0 heterocycles. The van der Waals surface area contributed by atoms with Crippen LogP contribution in [0.4, 0.5) is 0 Å². The van der Waals surface area contributed by atoms with Crippen LogP contribution >= 0.6 is 7.14 Å². The van der Waals surface area contributed by atoms with Gasteiger partial charge in [-0.05, 0) is 19.3 Å². The Balaban J connectivity index is 3.98. The van der Waals surface area contributed by atoms with Crippen LogP contribution in [0.15, 0.2) is 0 Å². The lowest BCUT2D eigenvalue weighted by atomic mass is 10.1. The summed E-state index contributed by atoms with van der Waals surface area (Å²) in [6, 6.07) is 0. The monoisotopic (exact) mass is 442 g/mol. The largest absolute Gasteiger partial charge is 0.324 e. The van der Waals surface area contributed by atoms with E-state index in [0.29, 0.717) is 0 Å². The molecule has 182 valence electrons. The average molecular weight is 443 g/mol. The highest BCUT2D eigenvalue weighted by Gasteiger charge is 2.20. The molecule has 0 fully saturated rings. The predicted molar refractivity (Wildman–Crippen MR) is 141 cm³/mol. The van der Waals surface area contributed by atoms with Crippen LogP contribution < -0.4 is 0 Å². The molecular weight excluding hydrogens is 383 g/mol. The van der Waals surface area contributed by atoms with E-state index in [-0.39, 0.29) is 0 Å². The summed E-state index contributed by atoms with van der Waals surface area (Å²) in [4.78, 5) is 0. The zero-order valence-electron chi connectivity index (χ0n) is 21.5. The summed E-state index contributed by atoms with van der Waals surface area (Å²) in [5, 5.41) is 0. The molecule has 0 saturated heterocycles. The van der Waals surface area contributed by atoms with Gasteiger partial charge in [0.1, 0.15) is 0 Å². The highest BCUT2D eigenvalue weighted by molar-refractivity contribution is 7.63. The molecule has 30 heavy (non-hydrogen) atoms. The zero-order valence-corrected chi connectivity index (χ0v) is 22.4. The lowest BCUT2D eigenvalue weighted by molar-refractivity contribution is 0.549. The van der Waals surface area contributed by atoms with Crippen LogP contribution in [-0.2, 0) is 4.57 Å². The van der Waals surface area contributed by atoms with Gasteiger partial charge in [-0.2, -0.15) is 0 Å². The van der Waals surface area contributed by atoms with Crippen molar-refractivity contribution in [2.24, 2.45) is 0 Å². The fraction of sp³-hybridized carbons (Fsp3) is 1.00. The zero-order chi connectivity index (χ0) is 22.2. The van der Waals surface area contributed by atoms with Gasteiger partial charge in [-0.1, -0.05) is 143 Å². The van der Waals surface area contributed by atoms with E-state index in [2.05, 4.69) is 20.8 Å². The average Bonchev–Trinajstić information content (AvgIpc) is 2.74. The summed E-state index contributed by atoms with van der Waals surface area (Å²) in [6.07, 6.45) is 32.7. The van der Waals surface area contributed by atoms with Gasteiger partial charge in [0.05, 0.1) is 7.14 Å². The second kappa shape index (κ2) is 23.9. The second-order valence-corrected chi connectivity index (χ2v) is 13.4. The highest BCUT2D eigenvalue weighted by atomic mass is 31.2. The molecule has 1 nitrogen and oxygen atoms in total. The Hall–Kier alpha value is 0.230. The Morgan fingerprint density at radius 1 is 0.333 bits per heavy atom. The fourth-order valence-corrected chi connectivity index (χ4v) is 7.65. The molecule has 0 aromatic rings. The SMILES string of the molecule is CCCCCCCCCCCCP(=O)(CCCCCCCC)CCCCCCCC. The minimum Gasteiger partial charge on any atom is -0.324 e. The molecule has 0 aliphatic rings. The summed E-state index contributed by atoms with van der Waals surface area (Å²) in [6.45, 7) is 6.85. The lowest BCUT2D eigenvalue weighted by Crippen LogP contribution is -2.02. The Morgan fingerprint density at radius 3 is 0.767 bits per heavy atom. The van der Waals surface area contributed by atoms with Crippen molar-refractivity contribution >= 4 is 7.14 Å². The molecule has 0 bridgehead atoms. The molecule has 0 radical (unpaired) electrons. The minimum atomic E-state index is -1.90. The smallest absolute Gasteiger partial charge is 0.0877 e. The first kappa shape index (κ1) is 30.2. The Bertz CT molecular complexity index is 346. The van der Waals surface area contributed by atoms with E-state index in [9.17, 15) is 4.57 Å². The molecular formula is C28H59OP. The number of rotatable bonds is 25. The van der Waals surface area contributed by atoms with Crippen LogP contribution in [0.1, 0.15) is 162 Å².